The van der Waals surface area contributed by atoms with Gasteiger partial charge < -0.3 is 20.4 Å². The number of hydrogen-bond acceptors (Lipinski definition) is 6. The van der Waals surface area contributed by atoms with Crippen LogP contribution in [0.1, 0.15) is 52.9 Å². The molecule has 202 valence electrons. The first-order chi connectivity index (χ1) is 18.0. The van der Waals surface area contributed by atoms with E-state index < -0.39 is 22.4 Å². The van der Waals surface area contributed by atoms with Crippen molar-refractivity contribution >= 4 is 40.5 Å². The molecule has 10 nitrogen and oxygen atoms in total. The summed E-state index contributed by atoms with van der Waals surface area (Å²) in [6, 6.07) is 11.8. The molecule has 1 aliphatic carbocycles. The normalized spacial score (nSPS) is 18.4. The summed E-state index contributed by atoms with van der Waals surface area (Å²) in [6.45, 7) is 5.60. The van der Waals surface area contributed by atoms with Gasteiger partial charge in [0, 0.05) is 35.8 Å². The number of nitrogens with one attached hydrogen (secondary N) is 2. The van der Waals surface area contributed by atoms with Gasteiger partial charge in [0.1, 0.15) is 6.04 Å². The molecule has 38 heavy (non-hydrogen) atoms. The van der Waals surface area contributed by atoms with E-state index in [-0.39, 0.29) is 42.2 Å². The van der Waals surface area contributed by atoms with E-state index in [1.165, 1.54) is 29.5 Å². The molecule has 0 saturated heterocycles. The first-order valence-electron chi connectivity index (χ1n) is 13.1. The second-order valence-electron chi connectivity index (χ2n) is 11.0. The maximum atomic E-state index is 13.9. The molecule has 4 rings (SSSR count). The molecule has 2 aromatic rings. The van der Waals surface area contributed by atoms with Crippen LogP contribution >= 0.6 is 0 Å². The molecular weight excluding hydrogens is 486 g/mol. The average molecular weight is 522 g/mol. The maximum absolute atomic E-state index is 13.9. The number of amides is 3. The summed E-state index contributed by atoms with van der Waals surface area (Å²) in [7, 11) is 0. The molecule has 10 heteroatoms. The Bertz CT molecular complexity index is 1220. The molecule has 0 spiro atoms. The highest BCUT2D eigenvalue weighted by atomic mass is 16.6. The molecule has 0 aromatic heterocycles. The number of nitro benzene ring substituents is 1. The number of non-ortho nitro benzene ring substituents is 1. The predicted molar refractivity (Wildman–Crippen MR) is 147 cm³/mol. The van der Waals surface area contributed by atoms with E-state index in [0.29, 0.717) is 5.69 Å². The molecule has 1 aliphatic heterocycles. The van der Waals surface area contributed by atoms with Crippen molar-refractivity contribution in [1.82, 2.24) is 5.32 Å². The lowest BCUT2D eigenvalue weighted by Crippen LogP contribution is -2.55. The van der Waals surface area contributed by atoms with Crippen LogP contribution in [-0.2, 0) is 9.59 Å². The van der Waals surface area contributed by atoms with Crippen molar-refractivity contribution in [2.75, 3.05) is 28.2 Å². The van der Waals surface area contributed by atoms with Gasteiger partial charge in [0.25, 0.3) is 11.6 Å². The summed E-state index contributed by atoms with van der Waals surface area (Å²) in [5, 5.41) is 16.5. The van der Waals surface area contributed by atoms with Gasteiger partial charge in [-0.25, -0.2) is 4.79 Å². The highest BCUT2D eigenvalue weighted by molar-refractivity contribution is 6.08. The standard InChI is InChI=1S/C28H35N5O5/c1-28(2,3)25(34)18-32-24-15-8-7-14-23(24)31(20-11-5-4-6-12-20)17-22(26(32)35)30-27(36)29-19-10-9-13-21(16-19)33(37)38/h7-10,13-16,20,22H,4-6,11-12,17-18H2,1-3H3,(H2,29,30,36). The Balaban J connectivity index is 1.65. The van der Waals surface area contributed by atoms with Gasteiger partial charge in [-0.15, -0.1) is 0 Å². The highest BCUT2D eigenvalue weighted by Gasteiger charge is 2.39. The van der Waals surface area contributed by atoms with Crippen LogP contribution in [0.5, 0.6) is 0 Å². The summed E-state index contributed by atoms with van der Waals surface area (Å²) < 4.78 is 0. The molecule has 2 aromatic carbocycles. The lowest BCUT2D eigenvalue weighted by molar-refractivity contribution is -0.384. The van der Waals surface area contributed by atoms with Crippen LogP contribution in [-0.4, -0.2) is 47.8 Å². The van der Waals surface area contributed by atoms with Crippen LogP contribution in [0.25, 0.3) is 0 Å². The minimum atomic E-state index is -0.934. The molecule has 1 heterocycles. The first-order valence-corrected chi connectivity index (χ1v) is 13.1. The quantitative estimate of drug-likeness (QED) is 0.412. The Hall–Kier alpha value is -3.95. The molecule has 3 amide bonds. The van der Waals surface area contributed by atoms with Crippen LogP contribution in [0.2, 0.25) is 0 Å². The summed E-state index contributed by atoms with van der Waals surface area (Å²) in [4.78, 5) is 54.3. The van der Waals surface area contributed by atoms with Crippen LogP contribution in [0, 0.1) is 15.5 Å². The van der Waals surface area contributed by atoms with Gasteiger partial charge in [-0.3, -0.25) is 19.7 Å². The minimum absolute atomic E-state index is 0.0911. The molecule has 2 N–H and O–H groups in total. The third-order valence-corrected chi connectivity index (χ3v) is 7.20. The van der Waals surface area contributed by atoms with Crippen LogP contribution in [0.4, 0.5) is 27.5 Å². The van der Waals surface area contributed by atoms with Gasteiger partial charge in [-0.2, -0.15) is 0 Å². The number of rotatable bonds is 6. The van der Waals surface area contributed by atoms with E-state index in [4.69, 9.17) is 0 Å². The van der Waals surface area contributed by atoms with Gasteiger partial charge in [-0.05, 0) is 31.0 Å². The second-order valence-corrected chi connectivity index (χ2v) is 11.0. The van der Waals surface area contributed by atoms with Crippen molar-refractivity contribution in [3.8, 4) is 0 Å². The number of para-hydroxylation sites is 2. The Morgan fingerprint density at radius 1 is 1.03 bits per heavy atom. The van der Waals surface area contributed by atoms with E-state index >= 15 is 0 Å². The minimum Gasteiger partial charge on any atom is -0.364 e. The van der Waals surface area contributed by atoms with E-state index in [0.717, 1.165) is 31.4 Å². The smallest absolute Gasteiger partial charge is 0.319 e. The molecular formula is C28H35N5O5. The van der Waals surface area contributed by atoms with Gasteiger partial charge in [0.05, 0.1) is 22.8 Å². The fourth-order valence-corrected chi connectivity index (χ4v) is 5.03. The molecule has 0 bridgehead atoms. The molecule has 1 fully saturated rings. The molecule has 1 saturated carbocycles. The number of anilines is 3. The van der Waals surface area contributed by atoms with Gasteiger partial charge in [0.15, 0.2) is 5.78 Å². The van der Waals surface area contributed by atoms with Crippen molar-refractivity contribution < 1.29 is 19.3 Å². The number of hydrogen-bond donors (Lipinski definition) is 2. The topological polar surface area (TPSA) is 125 Å². The second kappa shape index (κ2) is 11.2. The summed E-state index contributed by atoms with van der Waals surface area (Å²) in [5.74, 6) is -0.464. The molecule has 1 unspecified atom stereocenters. The van der Waals surface area contributed by atoms with Gasteiger partial charge in [-0.1, -0.05) is 58.2 Å². The Morgan fingerprint density at radius 2 is 1.71 bits per heavy atom. The zero-order valence-corrected chi connectivity index (χ0v) is 22.1. The van der Waals surface area contributed by atoms with Crippen molar-refractivity contribution in [2.24, 2.45) is 5.41 Å². The van der Waals surface area contributed by atoms with Gasteiger partial charge in [0.2, 0.25) is 0 Å². The number of benzene rings is 2. The maximum Gasteiger partial charge on any atom is 0.319 e. The van der Waals surface area contributed by atoms with Crippen molar-refractivity contribution in [3.63, 3.8) is 0 Å². The molecule has 0 radical (unpaired) electrons. The monoisotopic (exact) mass is 521 g/mol. The number of ketones is 1. The summed E-state index contributed by atoms with van der Waals surface area (Å²) in [6.07, 6.45) is 5.32. The van der Waals surface area contributed by atoms with E-state index in [1.807, 2.05) is 45.0 Å². The Labute approximate surface area is 222 Å². The number of carbonyl (C=O) groups excluding carboxylic acids is 3. The fraction of sp³-hybridized carbons (Fsp3) is 0.464. The highest BCUT2D eigenvalue weighted by Crippen LogP contribution is 2.37. The van der Waals surface area contributed by atoms with E-state index in [9.17, 15) is 24.5 Å². The SMILES string of the molecule is CC(C)(C)C(=O)CN1C(=O)C(NC(=O)Nc2cccc([N+](=O)[O-])c2)CN(C2CCCCC2)c2ccccc21. The summed E-state index contributed by atoms with van der Waals surface area (Å²) in [5.41, 5.74) is 0.971. The number of Topliss-reactive ketones (excluding diaryl/α,β-unsaturated/α-hetero) is 1. The number of nitro groups is 1. The Kier molecular flexibility index (Phi) is 7.99. The zero-order valence-electron chi connectivity index (χ0n) is 22.1. The van der Waals surface area contributed by atoms with Crippen molar-refractivity contribution in [2.45, 2.75) is 65.0 Å². The van der Waals surface area contributed by atoms with Crippen LogP contribution < -0.4 is 20.4 Å². The number of nitrogens with zero attached hydrogens (tertiary/aromatic N) is 3. The lowest BCUT2D eigenvalue weighted by atomic mass is 9.90. The third kappa shape index (κ3) is 6.12. The van der Waals surface area contributed by atoms with Crippen LogP contribution in [0.3, 0.4) is 0 Å². The van der Waals surface area contributed by atoms with Crippen molar-refractivity contribution in [1.29, 1.82) is 0 Å². The lowest BCUT2D eigenvalue weighted by Gasteiger charge is -2.37. The van der Waals surface area contributed by atoms with Gasteiger partial charge >= 0.3 is 6.03 Å². The molecule has 1 atom stereocenters. The Morgan fingerprint density at radius 3 is 2.37 bits per heavy atom. The fourth-order valence-electron chi connectivity index (χ4n) is 5.03. The van der Waals surface area contributed by atoms with E-state index in [1.54, 1.807) is 6.07 Å². The molecule has 2 aliphatic rings. The number of fused-ring (bicyclic) bond motifs is 1. The predicted octanol–water partition coefficient (Wildman–Crippen LogP) is 4.89. The largest absolute Gasteiger partial charge is 0.364 e. The summed E-state index contributed by atoms with van der Waals surface area (Å²) >= 11 is 0. The third-order valence-electron chi connectivity index (χ3n) is 7.20. The average Bonchev–Trinajstić information content (AvgIpc) is 2.99. The zero-order chi connectivity index (χ0) is 27.4. The van der Waals surface area contributed by atoms with Crippen LogP contribution in [0.15, 0.2) is 48.5 Å². The van der Waals surface area contributed by atoms with Crippen molar-refractivity contribution in [3.05, 3.63) is 58.6 Å². The van der Waals surface area contributed by atoms with E-state index in [2.05, 4.69) is 15.5 Å². The number of urea groups is 1. The first kappa shape index (κ1) is 27.1. The number of carbonyl (C=O) groups is 3.